The summed E-state index contributed by atoms with van der Waals surface area (Å²) >= 11 is 0. The number of carbonyl (C=O) groups is 1. The van der Waals surface area contributed by atoms with Crippen LogP contribution in [0.15, 0.2) is 24.3 Å². The molecule has 4 heteroatoms. The van der Waals surface area contributed by atoms with E-state index >= 15 is 0 Å². The summed E-state index contributed by atoms with van der Waals surface area (Å²) in [5.41, 5.74) is -0.0282. The Balaban J connectivity index is 2.15. The Hall–Kier alpha value is -1.71. The minimum absolute atomic E-state index is 0.662. The Morgan fingerprint density at radius 2 is 2.15 bits per heavy atom. The number of nitrogens with one attached hydrogen (secondary N) is 1. The highest BCUT2D eigenvalue weighted by atomic mass is 16.5. The highest BCUT2D eigenvalue weighted by Gasteiger charge is 2.41. The van der Waals surface area contributed by atoms with E-state index in [1.807, 2.05) is 24.3 Å². The molecular formula is C16H23NO3. The lowest BCUT2D eigenvalue weighted by atomic mass is 9.75. The highest BCUT2D eigenvalue weighted by Crippen LogP contribution is 2.36. The molecule has 110 valence electrons. The Morgan fingerprint density at radius 3 is 2.70 bits per heavy atom. The standard InChI is InChI=1S/C16H23NO3/c1-3-12-7-9-16(10-8-12,15(18)19)17-13-5-4-6-14(11-13)20-2/h4-6,11-12,17H,3,7-10H2,1-2H3,(H,18,19). The molecule has 0 bridgehead atoms. The van der Waals surface area contributed by atoms with Crippen molar-refractivity contribution >= 4 is 11.7 Å². The van der Waals surface area contributed by atoms with Gasteiger partial charge in [-0.05, 0) is 43.7 Å². The number of anilines is 1. The summed E-state index contributed by atoms with van der Waals surface area (Å²) in [4.78, 5) is 11.7. The van der Waals surface area contributed by atoms with E-state index in [0.717, 1.165) is 30.7 Å². The first-order valence-corrected chi connectivity index (χ1v) is 7.25. The average Bonchev–Trinajstić information content (AvgIpc) is 2.48. The van der Waals surface area contributed by atoms with Gasteiger partial charge in [0.25, 0.3) is 0 Å². The first kappa shape index (κ1) is 14.7. The summed E-state index contributed by atoms with van der Waals surface area (Å²) in [7, 11) is 1.61. The number of carboxylic acid groups (broad SMARTS) is 1. The number of ether oxygens (including phenoxy) is 1. The van der Waals surface area contributed by atoms with Gasteiger partial charge in [-0.2, -0.15) is 0 Å². The molecule has 2 N–H and O–H groups in total. The second-order valence-corrected chi connectivity index (χ2v) is 5.60. The monoisotopic (exact) mass is 277 g/mol. The van der Waals surface area contributed by atoms with E-state index in [1.54, 1.807) is 7.11 Å². The molecule has 0 atom stereocenters. The zero-order valence-corrected chi connectivity index (χ0v) is 12.2. The van der Waals surface area contributed by atoms with Gasteiger partial charge >= 0.3 is 5.97 Å². The van der Waals surface area contributed by atoms with Crippen molar-refractivity contribution in [1.82, 2.24) is 0 Å². The molecule has 1 saturated carbocycles. The van der Waals surface area contributed by atoms with Crippen LogP contribution in [0.25, 0.3) is 0 Å². The number of hydrogen-bond donors (Lipinski definition) is 2. The Kier molecular flexibility index (Phi) is 4.53. The van der Waals surface area contributed by atoms with E-state index in [9.17, 15) is 9.90 Å². The predicted molar refractivity (Wildman–Crippen MR) is 79.2 cm³/mol. The lowest BCUT2D eigenvalue weighted by molar-refractivity contribution is -0.143. The van der Waals surface area contributed by atoms with Crippen molar-refractivity contribution < 1.29 is 14.6 Å². The number of aliphatic carboxylic acids is 1. The molecule has 0 aliphatic heterocycles. The van der Waals surface area contributed by atoms with Crippen LogP contribution < -0.4 is 10.1 Å². The first-order valence-electron chi connectivity index (χ1n) is 7.25. The molecule has 1 aliphatic rings. The molecule has 0 unspecified atom stereocenters. The van der Waals surface area contributed by atoms with Crippen molar-refractivity contribution in [2.75, 3.05) is 12.4 Å². The van der Waals surface area contributed by atoms with E-state index in [-0.39, 0.29) is 0 Å². The van der Waals surface area contributed by atoms with Crippen molar-refractivity contribution in [3.8, 4) is 5.75 Å². The summed E-state index contributed by atoms with van der Waals surface area (Å²) in [5, 5.41) is 12.9. The van der Waals surface area contributed by atoms with Crippen LogP contribution in [0.4, 0.5) is 5.69 Å². The third kappa shape index (κ3) is 3.06. The molecule has 1 aromatic carbocycles. The van der Waals surface area contributed by atoms with E-state index in [0.29, 0.717) is 18.8 Å². The van der Waals surface area contributed by atoms with Crippen LogP contribution in [-0.4, -0.2) is 23.7 Å². The van der Waals surface area contributed by atoms with Crippen LogP contribution in [0.3, 0.4) is 0 Å². The molecule has 0 amide bonds. The maximum absolute atomic E-state index is 11.7. The molecule has 4 nitrogen and oxygen atoms in total. The zero-order chi connectivity index (χ0) is 14.6. The molecular weight excluding hydrogens is 254 g/mol. The van der Waals surface area contributed by atoms with Crippen molar-refractivity contribution in [3.63, 3.8) is 0 Å². The lowest BCUT2D eigenvalue weighted by Gasteiger charge is -2.38. The van der Waals surface area contributed by atoms with Gasteiger partial charge < -0.3 is 15.2 Å². The number of hydrogen-bond acceptors (Lipinski definition) is 3. The van der Waals surface area contributed by atoms with Crippen LogP contribution in [0.1, 0.15) is 39.0 Å². The first-order chi connectivity index (χ1) is 9.59. The summed E-state index contributed by atoms with van der Waals surface area (Å²) in [6.07, 6.45) is 4.44. The molecule has 1 aromatic rings. The van der Waals surface area contributed by atoms with Gasteiger partial charge in [0.2, 0.25) is 0 Å². The van der Waals surface area contributed by atoms with Crippen molar-refractivity contribution in [2.45, 2.75) is 44.6 Å². The minimum atomic E-state index is -0.835. The summed E-state index contributed by atoms with van der Waals surface area (Å²) in [6.45, 7) is 2.17. The van der Waals surface area contributed by atoms with Crippen molar-refractivity contribution in [2.24, 2.45) is 5.92 Å². The van der Waals surface area contributed by atoms with Crippen LogP contribution in [0, 0.1) is 5.92 Å². The molecule has 1 fully saturated rings. The second kappa shape index (κ2) is 6.16. The van der Waals surface area contributed by atoms with Gasteiger partial charge in [0.1, 0.15) is 11.3 Å². The van der Waals surface area contributed by atoms with Gasteiger partial charge in [0.15, 0.2) is 0 Å². The maximum Gasteiger partial charge on any atom is 0.329 e. The van der Waals surface area contributed by atoms with Crippen molar-refractivity contribution in [3.05, 3.63) is 24.3 Å². The predicted octanol–water partition coefficient (Wildman–Crippen LogP) is 3.53. The summed E-state index contributed by atoms with van der Waals surface area (Å²) in [6, 6.07) is 7.46. The molecule has 0 saturated heterocycles. The summed E-state index contributed by atoms with van der Waals surface area (Å²) < 4.78 is 5.18. The third-order valence-corrected chi connectivity index (χ3v) is 4.40. The Bertz CT molecular complexity index is 465. The normalized spacial score (nSPS) is 26.0. The second-order valence-electron chi connectivity index (χ2n) is 5.60. The Labute approximate surface area is 120 Å². The van der Waals surface area contributed by atoms with Crippen molar-refractivity contribution in [1.29, 1.82) is 0 Å². The number of rotatable bonds is 5. The van der Waals surface area contributed by atoms with E-state index < -0.39 is 11.5 Å². The quantitative estimate of drug-likeness (QED) is 0.864. The highest BCUT2D eigenvalue weighted by molar-refractivity contribution is 5.83. The molecule has 2 rings (SSSR count). The number of methoxy groups -OCH3 is 1. The van der Waals surface area contributed by atoms with E-state index in [1.165, 1.54) is 0 Å². The van der Waals surface area contributed by atoms with Crippen LogP contribution in [0.2, 0.25) is 0 Å². The molecule has 0 heterocycles. The van der Waals surface area contributed by atoms with Crippen LogP contribution >= 0.6 is 0 Å². The smallest absolute Gasteiger partial charge is 0.329 e. The van der Waals surface area contributed by atoms with Gasteiger partial charge in [0, 0.05) is 11.8 Å². The topological polar surface area (TPSA) is 58.6 Å². The van der Waals surface area contributed by atoms with Gasteiger partial charge in [-0.25, -0.2) is 4.79 Å². The van der Waals surface area contributed by atoms with Gasteiger partial charge in [-0.15, -0.1) is 0 Å². The molecule has 0 spiro atoms. The zero-order valence-electron chi connectivity index (χ0n) is 12.2. The van der Waals surface area contributed by atoms with Gasteiger partial charge in [-0.1, -0.05) is 19.4 Å². The number of benzene rings is 1. The fraction of sp³-hybridized carbons (Fsp3) is 0.562. The fourth-order valence-corrected chi connectivity index (χ4v) is 2.95. The fourth-order valence-electron chi connectivity index (χ4n) is 2.95. The van der Waals surface area contributed by atoms with Gasteiger partial charge in [-0.3, -0.25) is 0 Å². The van der Waals surface area contributed by atoms with E-state index in [2.05, 4.69) is 12.2 Å². The maximum atomic E-state index is 11.7. The molecule has 0 aromatic heterocycles. The number of carboxylic acids is 1. The lowest BCUT2D eigenvalue weighted by Crippen LogP contribution is -2.49. The molecule has 1 aliphatic carbocycles. The van der Waals surface area contributed by atoms with E-state index in [4.69, 9.17) is 4.74 Å². The molecule has 20 heavy (non-hydrogen) atoms. The summed E-state index contributed by atoms with van der Waals surface area (Å²) in [5.74, 6) is 0.641. The van der Waals surface area contributed by atoms with Gasteiger partial charge in [0.05, 0.1) is 7.11 Å². The van der Waals surface area contributed by atoms with Crippen LogP contribution in [0.5, 0.6) is 5.75 Å². The third-order valence-electron chi connectivity index (χ3n) is 4.40. The largest absolute Gasteiger partial charge is 0.497 e. The van der Waals surface area contributed by atoms with Crippen LogP contribution in [-0.2, 0) is 4.79 Å². The Morgan fingerprint density at radius 1 is 1.45 bits per heavy atom. The average molecular weight is 277 g/mol. The SMILES string of the molecule is CCC1CCC(Nc2cccc(OC)c2)(C(=O)O)CC1. The minimum Gasteiger partial charge on any atom is -0.497 e. The molecule has 0 radical (unpaired) electrons.